The summed E-state index contributed by atoms with van der Waals surface area (Å²) < 4.78 is 11.1. The van der Waals surface area contributed by atoms with Gasteiger partial charge in [-0.3, -0.25) is 0 Å². The second-order valence-corrected chi connectivity index (χ2v) is 8.95. The Morgan fingerprint density at radius 2 is 1.86 bits per heavy atom. The van der Waals surface area contributed by atoms with Crippen molar-refractivity contribution in [1.82, 2.24) is 15.2 Å². The quantitative estimate of drug-likeness (QED) is 0.552. The van der Waals surface area contributed by atoms with Gasteiger partial charge in [0.2, 0.25) is 0 Å². The summed E-state index contributed by atoms with van der Waals surface area (Å²) in [6.07, 6.45) is 2.35. The van der Waals surface area contributed by atoms with E-state index in [-0.39, 0.29) is 12.1 Å². The fourth-order valence-electron chi connectivity index (χ4n) is 2.70. The van der Waals surface area contributed by atoms with Gasteiger partial charge >= 0.3 is 6.09 Å². The Bertz CT molecular complexity index is 749. The van der Waals surface area contributed by atoms with E-state index < -0.39 is 6.09 Å². The number of benzene rings is 1. The van der Waals surface area contributed by atoms with Crippen LogP contribution in [-0.2, 0) is 11.3 Å². The maximum Gasteiger partial charge on any atom is 0.407 e. The van der Waals surface area contributed by atoms with E-state index in [0.29, 0.717) is 6.61 Å². The van der Waals surface area contributed by atoms with Crippen LogP contribution in [-0.4, -0.2) is 47.8 Å². The number of hydrogen-bond donors (Lipinski definition) is 1. The number of carbonyl (C=O) groups excluding carboxylic acids is 1. The summed E-state index contributed by atoms with van der Waals surface area (Å²) in [7, 11) is 0. The fourth-order valence-corrected chi connectivity index (χ4v) is 3.53. The molecule has 29 heavy (non-hydrogen) atoms. The third-order valence-corrected chi connectivity index (χ3v) is 5.28. The second-order valence-electron chi connectivity index (χ2n) is 7.84. The molecule has 0 atom stereocenters. The van der Waals surface area contributed by atoms with E-state index in [1.54, 1.807) is 6.20 Å². The van der Waals surface area contributed by atoms with Crippen LogP contribution in [0.15, 0.2) is 30.5 Å². The molecule has 2 rings (SSSR count). The van der Waals surface area contributed by atoms with Crippen molar-refractivity contribution < 1.29 is 14.3 Å². The van der Waals surface area contributed by atoms with Crippen LogP contribution in [0.5, 0.6) is 5.75 Å². The Morgan fingerprint density at radius 1 is 1.17 bits per heavy atom. The van der Waals surface area contributed by atoms with E-state index >= 15 is 0 Å². The van der Waals surface area contributed by atoms with Crippen molar-refractivity contribution in [1.29, 1.82) is 0 Å². The molecule has 0 aliphatic carbocycles. The third-order valence-electron chi connectivity index (χ3n) is 4.26. The molecule has 0 bridgehead atoms. The Balaban J connectivity index is 1.80. The summed E-state index contributed by atoms with van der Waals surface area (Å²) >= 11 is 1.52. The van der Waals surface area contributed by atoms with Crippen molar-refractivity contribution in [3.05, 3.63) is 35.3 Å². The van der Waals surface area contributed by atoms with Crippen molar-refractivity contribution in [2.75, 3.05) is 26.2 Å². The predicted octanol–water partition coefficient (Wildman–Crippen LogP) is 4.95. The summed E-state index contributed by atoms with van der Waals surface area (Å²) in [6.45, 7) is 14.2. The van der Waals surface area contributed by atoms with Crippen LogP contribution in [0.25, 0.3) is 10.6 Å². The molecule has 0 unspecified atom stereocenters. The monoisotopic (exact) mass is 419 g/mol. The molecule has 0 radical (unpaired) electrons. The van der Waals surface area contributed by atoms with Crippen molar-refractivity contribution in [2.45, 2.75) is 53.2 Å². The summed E-state index contributed by atoms with van der Waals surface area (Å²) in [5, 5.41) is 3.67. The Morgan fingerprint density at radius 3 is 2.48 bits per heavy atom. The lowest BCUT2D eigenvalue weighted by Gasteiger charge is -2.19. The van der Waals surface area contributed by atoms with Crippen LogP contribution in [0.4, 0.5) is 4.79 Å². The van der Waals surface area contributed by atoms with Crippen LogP contribution in [0.2, 0.25) is 0 Å². The highest BCUT2D eigenvalue weighted by atomic mass is 32.1. The van der Waals surface area contributed by atoms with E-state index in [2.05, 4.69) is 29.0 Å². The third kappa shape index (κ3) is 8.41. The summed E-state index contributed by atoms with van der Waals surface area (Å²) in [6, 6.07) is 7.97. The van der Waals surface area contributed by atoms with E-state index in [1.807, 2.05) is 45.0 Å². The average molecular weight is 420 g/mol. The number of carbonyl (C=O) groups is 1. The predicted molar refractivity (Wildman–Crippen MR) is 119 cm³/mol. The largest absolute Gasteiger partial charge is 0.494 e. The van der Waals surface area contributed by atoms with E-state index in [1.165, 1.54) is 11.3 Å². The topological polar surface area (TPSA) is 63.7 Å². The molecule has 7 heteroatoms. The lowest BCUT2D eigenvalue weighted by molar-refractivity contribution is 0.132. The lowest BCUT2D eigenvalue weighted by Crippen LogP contribution is -2.40. The molecule has 6 nitrogen and oxygen atoms in total. The van der Waals surface area contributed by atoms with E-state index in [9.17, 15) is 4.79 Å². The number of nitrogens with one attached hydrogen (secondary N) is 1. The molecule has 1 N–H and O–H groups in total. The molecule has 0 saturated carbocycles. The van der Waals surface area contributed by atoms with Gasteiger partial charge in [0.1, 0.15) is 17.4 Å². The van der Waals surface area contributed by atoms with Crippen LogP contribution in [0, 0.1) is 0 Å². The maximum atomic E-state index is 11.8. The molecule has 0 fully saturated rings. The lowest BCUT2D eigenvalue weighted by atomic mass is 10.1. The Hall–Kier alpha value is -2.12. The fraction of sp³-hybridized carbons (Fsp3) is 0.545. The molecule has 0 spiro atoms. The van der Waals surface area contributed by atoms with Gasteiger partial charge in [0.25, 0.3) is 0 Å². The number of rotatable bonds is 10. The van der Waals surface area contributed by atoms with Crippen molar-refractivity contribution in [2.24, 2.45) is 0 Å². The first-order valence-electron chi connectivity index (χ1n) is 10.2. The zero-order valence-corrected chi connectivity index (χ0v) is 19.0. The van der Waals surface area contributed by atoms with Gasteiger partial charge in [0.15, 0.2) is 0 Å². The zero-order chi connectivity index (χ0) is 21.3. The van der Waals surface area contributed by atoms with Gasteiger partial charge in [0, 0.05) is 23.8 Å². The van der Waals surface area contributed by atoms with Gasteiger partial charge in [-0.05, 0) is 64.5 Å². The molecule has 1 aromatic carbocycles. The van der Waals surface area contributed by atoms with Crippen molar-refractivity contribution in [3.63, 3.8) is 0 Å². The normalized spacial score (nSPS) is 11.5. The number of hydrogen-bond acceptors (Lipinski definition) is 6. The molecule has 0 saturated heterocycles. The van der Waals surface area contributed by atoms with Gasteiger partial charge in [-0.1, -0.05) is 13.8 Å². The molecule has 2 aromatic rings. The van der Waals surface area contributed by atoms with Gasteiger partial charge in [-0.2, -0.15) is 0 Å². The smallest absolute Gasteiger partial charge is 0.407 e. The van der Waals surface area contributed by atoms with Crippen LogP contribution in [0.3, 0.4) is 0 Å². The first-order chi connectivity index (χ1) is 13.8. The summed E-state index contributed by atoms with van der Waals surface area (Å²) in [5.41, 5.74) is 0.710. The standard InChI is InChI=1S/C22H33N3O3S/c1-6-25(7-2)13-8-14-27-18-11-9-17(10-12-18)20-23-15-19(29-20)16-28-21(26)24-22(3,4)5/h9-12,15H,6-8,13-14,16H2,1-5H3,(H,24,26). The average Bonchev–Trinajstić information content (AvgIpc) is 3.15. The molecule has 1 amide bonds. The van der Waals surface area contributed by atoms with E-state index in [0.717, 1.165) is 47.3 Å². The summed E-state index contributed by atoms with van der Waals surface area (Å²) in [4.78, 5) is 19.5. The first-order valence-corrected chi connectivity index (χ1v) is 11.0. The van der Waals surface area contributed by atoms with E-state index in [4.69, 9.17) is 9.47 Å². The molecule has 0 aliphatic rings. The van der Waals surface area contributed by atoms with Gasteiger partial charge in [0.05, 0.1) is 11.5 Å². The van der Waals surface area contributed by atoms with Gasteiger partial charge in [-0.15, -0.1) is 11.3 Å². The Labute approximate surface area is 178 Å². The highest BCUT2D eigenvalue weighted by Gasteiger charge is 2.15. The highest BCUT2D eigenvalue weighted by molar-refractivity contribution is 7.15. The van der Waals surface area contributed by atoms with Crippen molar-refractivity contribution in [3.8, 4) is 16.3 Å². The second kappa shape index (κ2) is 11.2. The maximum absolute atomic E-state index is 11.8. The minimum atomic E-state index is -0.421. The van der Waals surface area contributed by atoms with Crippen LogP contribution in [0.1, 0.15) is 45.9 Å². The van der Waals surface area contributed by atoms with Gasteiger partial charge in [-0.25, -0.2) is 9.78 Å². The highest BCUT2D eigenvalue weighted by Crippen LogP contribution is 2.27. The number of amides is 1. The number of aromatic nitrogens is 1. The van der Waals surface area contributed by atoms with Crippen LogP contribution < -0.4 is 10.1 Å². The zero-order valence-electron chi connectivity index (χ0n) is 18.2. The molecular weight excluding hydrogens is 386 g/mol. The number of thiazole rings is 1. The van der Waals surface area contributed by atoms with Crippen molar-refractivity contribution >= 4 is 17.4 Å². The van der Waals surface area contributed by atoms with Crippen LogP contribution >= 0.6 is 11.3 Å². The first kappa shape index (κ1) is 23.2. The number of ether oxygens (including phenoxy) is 2. The number of nitrogens with zero attached hydrogens (tertiary/aromatic N) is 2. The Kier molecular flexibility index (Phi) is 8.92. The molecular formula is C22H33N3O3S. The molecule has 1 heterocycles. The minimum absolute atomic E-state index is 0.216. The molecule has 1 aromatic heterocycles. The van der Waals surface area contributed by atoms with Gasteiger partial charge < -0.3 is 19.7 Å². The SMILES string of the molecule is CCN(CC)CCCOc1ccc(-c2ncc(COC(=O)NC(C)(C)C)s2)cc1. The minimum Gasteiger partial charge on any atom is -0.494 e. The molecule has 160 valence electrons. The molecule has 0 aliphatic heterocycles. The number of alkyl carbamates (subject to hydrolysis) is 1. The summed E-state index contributed by atoms with van der Waals surface area (Å²) in [5.74, 6) is 0.868.